The third-order valence-corrected chi connectivity index (χ3v) is 3.24. The number of rotatable bonds is 2. The first kappa shape index (κ1) is 14.1. The number of fused-ring (bicyclic) bond motifs is 1. The van der Waals surface area contributed by atoms with Crippen molar-refractivity contribution in [3.63, 3.8) is 0 Å². The van der Waals surface area contributed by atoms with Gasteiger partial charge >= 0.3 is 5.97 Å². The van der Waals surface area contributed by atoms with Gasteiger partial charge in [-0.05, 0) is 30.7 Å². The first-order chi connectivity index (χ1) is 10.5. The van der Waals surface area contributed by atoms with Crippen LogP contribution in [-0.4, -0.2) is 11.8 Å². The van der Waals surface area contributed by atoms with Crippen molar-refractivity contribution in [2.45, 2.75) is 13.8 Å². The SMILES string of the molecule is CC(=O)Oc1ccc2c(c1)O/C(=C\c1cccc(C)c1)C2=O. The topological polar surface area (TPSA) is 52.6 Å². The van der Waals surface area contributed by atoms with Crippen molar-refractivity contribution in [2.24, 2.45) is 0 Å². The highest BCUT2D eigenvalue weighted by atomic mass is 16.5. The zero-order valence-corrected chi connectivity index (χ0v) is 12.3. The lowest BCUT2D eigenvalue weighted by atomic mass is 10.1. The molecule has 2 aromatic carbocycles. The van der Waals surface area contributed by atoms with Gasteiger partial charge in [-0.3, -0.25) is 9.59 Å². The summed E-state index contributed by atoms with van der Waals surface area (Å²) in [6.07, 6.45) is 1.71. The summed E-state index contributed by atoms with van der Waals surface area (Å²) in [6.45, 7) is 3.31. The molecule has 3 rings (SSSR count). The highest BCUT2D eigenvalue weighted by Gasteiger charge is 2.27. The van der Waals surface area contributed by atoms with Gasteiger partial charge in [0.1, 0.15) is 11.5 Å². The van der Waals surface area contributed by atoms with Crippen LogP contribution in [0.15, 0.2) is 48.2 Å². The van der Waals surface area contributed by atoms with Crippen LogP contribution in [-0.2, 0) is 4.79 Å². The van der Waals surface area contributed by atoms with E-state index in [1.165, 1.54) is 6.92 Å². The first-order valence-corrected chi connectivity index (χ1v) is 6.86. The van der Waals surface area contributed by atoms with E-state index in [2.05, 4.69) is 0 Å². The number of ketones is 1. The fraction of sp³-hybridized carbons (Fsp3) is 0.111. The Kier molecular flexibility index (Phi) is 3.51. The van der Waals surface area contributed by atoms with E-state index in [1.54, 1.807) is 24.3 Å². The average molecular weight is 294 g/mol. The predicted molar refractivity (Wildman–Crippen MR) is 81.9 cm³/mol. The molecule has 0 saturated heterocycles. The molecule has 0 spiro atoms. The normalized spacial score (nSPS) is 14.6. The Hall–Kier alpha value is -2.88. The van der Waals surface area contributed by atoms with Gasteiger partial charge < -0.3 is 9.47 Å². The third kappa shape index (κ3) is 2.76. The zero-order valence-electron chi connectivity index (χ0n) is 12.3. The second kappa shape index (κ2) is 5.48. The molecule has 0 radical (unpaired) electrons. The fourth-order valence-electron chi connectivity index (χ4n) is 2.31. The summed E-state index contributed by atoms with van der Waals surface area (Å²) in [7, 11) is 0. The van der Waals surface area contributed by atoms with E-state index in [-0.39, 0.29) is 11.5 Å². The Morgan fingerprint density at radius 1 is 1.18 bits per heavy atom. The van der Waals surface area contributed by atoms with E-state index in [9.17, 15) is 9.59 Å². The highest BCUT2D eigenvalue weighted by molar-refractivity contribution is 6.14. The number of Topliss-reactive ketones (excluding diaryl/α,β-unsaturated/α-hetero) is 1. The number of ether oxygens (including phenoxy) is 2. The van der Waals surface area contributed by atoms with Crippen LogP contribution < -0.4 is 9.47 Å². The van der Waals surface area contributed by atoms with Crippen molar-refractivity contribution in [3.05, 3.63) is 64.9 Å². The minimum Gasteiger partial charge on any atom is -0.452 e. The molecule has 22 heavy (non-hydrogen) atoms. The van der Waals surface area contributed by atoms with E-state index >= 15 is 0 Å². The van der Waals surface area contributed by atoms with Gasteiger partial charge in [0.15, 0.2) is 5.76 Å². The number of carbonyl (C=O) groups excluding carboxylic acids is 2. The number of carbonyl (C=O) groups is 2. The van der Waals surface area contributed by atoms with Gasteiger partial charge in [0, 0.05) is 13.0 Å². The summed E-state index contributed by atoms with van der Waals surface area (Å²) < 4.78 is 10.6. The van der Waals surface area contributed by atoms with Crippen LogP contribution in [0.1, 0.15) is 28.4 Å². The molecule has 1 heterocycles. The maximum atomic E-state index is 12.3. The standard InChI is InChI=1S/C18H14O4/c1-11-4-3-5-13(8-11)9-17-18(20)15-7-6-14(21-12(2)19)10-16(15)22-17/h3-10H,1-2H3/b17-9-. The summed E-state index contributed by atoms with van der Waals surface area (Å²) in [5.74, 6) is 0.435. The molecule has 0 fully saturated rings. The van der Waals surface area contributed by atoms with Crippen molar-refractivity contribution in [2.75, 3.05) is 0 Å². The highest BCUT2D eigenvalue weighted by Crippen LogP contribution is 2.34. The minimum atomic E-state index is -0.417. The monoisotopic (exact) mass is 294 g/mol. The molecule has 0 unspecified atom stereocenters. The van der Waals surface area contributed by atoms with Gasteiger partial charge in [0.2, 0.25) is 5.78 Å². The molecule has 0 amide bonds. The lowest BCUT2D eigenvalue weighted by molar-refractivity contribution is -0.131. The van der Waals surface area contributed by atoms with Crippen LogP contribution in [0.5, 0.6) is 11.5 Å². The summed E-state index contributed by atoms with van der Waals surface area (Å²) >= 11 is 0. The average Bonchev–Trinajstić information content (AvgIpc) is 2.74. The van der Waals surface area contributed by atoms with Crippen molar-refractivity contribution in [1.29, 1.82) is 0 Å². The largest absolute Gasteiger partial charge is 0.452 e. The van der Waals surface area contributed by atoms with Crippen molar-refractivity contribution >= 4 is 17.8 Å². The molecule has 0 aromatic heterocycles. The Bertz CT molecular complexity index is 802. The van der Waals surface area contributed by atoms with Crippen molar-refractivity contribution < 1.29 is 19.1 Å². The quantitative estimate of drug-likeness (QED) is 0.483. The number of esters is 1. The minimum absolute atomic E-state index is 0.175. The van der Waals surface area contributed by atoms with Gasteiger partial charge in [0.25, 0.3) is 0 Å². The zero-order chi connectivity index (χ0) is 15.7. The van der Waals surface area contributed by atoms with E-state index in [0.717, 1.165) is 11.1 Å². The van der Waals surface area contributed by atoms with Crippen LogP contribution in [0, 0.1) is 6.92 Å². The van der Waals surface area contributed by atoms with E-state index in [1.807, 2.05) is 31.2 Å². The van der Waals surface area contributed by atoms with E-state index < -0.39 is 5.97 Å². The maximum Gasteiger partial charge on any atom is 0.308 e. The number of aryl methyl sites for hydroxylation is 1. The van der Waals surface area contributed by atoms with Gasteiger partial charge in [-0.25, -0.2) is 0 Å². The molecule has 0 bridgehead atoms. The van der Waals surface area contributed by atoms with E-state index in [4.69, 9.17) is 9.47 Å². The molecule has 0 saturated carbocycles. The molecular formula is C18H14O4. The Labute approximate surface area is 128 Å². The smallest absolute Gasteiger partial charge is 0.308 e. The molecule has 0 aliphatic carbocycles. The molecule has 4 heteroatoms. The summed E-state index contributed by atoms with van der Waals surface area (Å²) in [5.41, 5.74) is 2.47. The summed E-state index contributed by atoms with van der Waals surface area (Å²) in [6, 6.07) is 12.5. The molecule has 1 aliphatic heterocycles. The van der Waals surface area contributed by atoms with Crippen LogP contribution in [0.3, 0.4) is 0 Å². The number of benzene rings is 2. The first-order valence-electron chi connectivity index (χ1n) is 6.86. The second-order valence-corrected chi connectivity index (χ2v) is 5.11. The predicted octanol–water partition coefficient (Wildman–Crippen LogP) is 3.54. The van der Waals surface area contributed by atoms with E-state index in [0.29, 0.717) is 17.1 Å². The van der Waals surface area contributed by atoms with Crippen LogP contribution >= 0.6 is 0 Å². The molecule has 0 N–H and O–H groups in total. The number of hydrogen-bond acceptors (Lipinski definition) is 4. The Morgan fingerprint density at radius 3 is 2.73 bits per heavy atom. The fourth-order valence-corrected chi connectivity index (χ4v) is 2.31. The maximum absolute atomic E-state index is 12.3. The lowest BCUT2D eigenvalue weighted by Crippen LogP contribution is -2.01. The lowest BCUT2D eigenvalue weighted by Gasteiger charge is -2.02. The van der Waals surface area contributed by atoms with Gasteiger partial charge in [-0.2, -0.15) is 0 Å². The third-order valence-electron chi connectivity index (χ3n) is 3.24. The molecule has 4 nitrogen and oxygen atoms in total. The van der Waals surface area contributed by atoms with Crippen LogP contribution in [0.25, 0.3) is 6.08 Å². The number of hydrogen-bond donors (Lipinski definition) is 0. The van der Waals surface area contributed by atoms with Gasteiger partial charge in [-0.1, -0.05) is 29.8 Å². The molecule has 2 aromatic rings. The molecule has 0 atom stereocenters. The Balaban J connectivity index is 1.92. The molecule has 1 aliphatic rings. The summed E-state index contributed by atoms with van der Waals surface area (Å²) in [5, 5.41) is 0. The molecular weight excluding hydrogens is 280 g/mol. The van der Waals surface area contributed by atoms with Crippen molar-refractivity contribution in [1.82, 2.24) is 0 Å². The van der Waals surface area contributed by atoms with Crippen molar-refractivity contribution in [3.8, 4) is 11.5 Å². The van der Waals surface area contributed by atoms with Crippen LogP contribution in [0.4, 0.5) is 0 Å². The Morgan fingerprint density at radius 2 is 2.00 bits per heavy atom. The number of allylic oxidation sites excluding steroid dienone is 1. The second-order valence-electron chi connectivity index (χ2n) is 5.11. The molecule has 110 valence electrons. The van der Waals surface area contributed by atoms with Crippen LogP contribution in [0.2, 0.25) is 0 Å². The van der Waals surface area contributed by atoms with Gasteiger partial charge in [-0.15, -0.1) is 0 Å². The van der Waals surface area contributed by atoms with Gasteiger partial charge in [0.05, 0.1) is 5.56 Å². The summed E-state index contributed by atoms with van der Waals surface area (Å²) in [4.78, 5) is 23.3.